The van der Waals surface area contributed by atoms with Crippen molar-refractivity contribution in [3.05, 3.63) is 29.8 Å². The molecular formula is C10H14N2O2S. The molecular weight excluding hydrogens is 212 g/mol. The Morgan fingerprint density at radius 3 is 2.40 bits per heavy atom. The lowest BCUT2D eigenvalue weighted by molar-refractivity contribution is 0.520. The third-order valence-electron chi connectivity index (χ3n) is 1.95. The Morgan fingerprint density at radius 2 is 1.87 bits per heavy atom. The molecule has 0 unspecified atom stereocenters. The molecule has 0 fully saturated rings. The topological polar surface area (TPSA) is 49.7 Å². The number of nitrogens with zero attached hydrogens (tertiary/aromatic N) is 2. The molecule has 0 amide bonds. The van der Waals surface area contributed by atoms with Gasteiger partial charge in [-0.05, 0) is 6.07 Å². The fourth-order valence-electron chi connectivity index (χ4n) is 1.16. The second-order valence-electron chi connectivity index (χ2n) is 3.21. The quantitative estimate of drug-likeness (QED) is 0.721. The molecule has 4 nitrogen and oxygen atoms in total. The third kappa shape index (κ3) is 2.43. The van der Waals surface area contributed by atoms with Crippen molar-refractivity contribution in [3.63, 3.8) is 0 Å². The molecule has 15 heavy (non-hydrogen) atoms. The maximum atomic E-state index is 11.9. The van der Waals surface area contributed by atoms with E-state index in [-0.39, 0.29) is 4.90 Å². The molecule has 0 aliphatic rings. The van der Waals surface area contributed by atoms with E-state index >= 15 is 0 Å². The Kier molecular flexibility index (Phi) is 3.60. The summed E-state index contributed by atoms with van der Waals surface area (Å²) in [5.74, 6) is 0. The van der Waals surface area contributed by atoms with E-state index in [1.807, 2.05) is 0 Å². The smallest absolute Gasteiger partial charge is 0.243 e. The fourth-order valence-corrected chi connectivity index (χ4v) is 2.22. The molecule has 82 valence electrons. The fraction of sp³-hybridized carbons (Fsp3) is 0.300. The van der Waals surface area contributed by atoms with Gasteiger partial charge in [0.25, 0.3) is 0 Å². The van der Waals surface area contributed by atoms with Gasteiger partial charge in [-0.3, -0.25) is 4.99 Å². The van der Waals surface area contributed by atoms with Crippen LogP contribution >= 0.6 is 0 Å². The van der Waals surface area contributed by atoms with E-state index in [0.717, 1.165) is 0 Å². The second-order valence-corrected chi connectivity index (χ2v) is 5.33. The van der Waals surface area contributed by atoms with Crippen LogP contribution in [0.5, 0.6) is 0 Å². The zero-order valence-corrected chi connectivity index (χ0v) is 9.82. The first kappa shape index (κ1) is 11.9. The van der Waals surface area contributed by atoms with Gasteiger partial charge in [0, 0.05) is 32.9 Å². The number of hydrogen-bond donors (Lipinski definition) is 0. The minimum Gasteiger partial charge on any atom is -0.296 e. The second kappa shape index (κ2) is 4.55. The highest BCUT2D eigenvalue weighted by Gasteiger charge is 2.19. The van der Waals surface area contributed by atoms with Crippen molar-refractivity contribution >= 4 is 16.2 Å². The minimum atomic E-state index is -3.39. The zero-order chi connectivity index (χ0) is 11.5. The van der Waals surface area contributed by atoms with E-state index < -0.39 is 10.0 Å². The van der Waals surface area contributed by atoms with Crippen molar-refractivity contribution in [2.24, 2.45) is 4.99 Å². The monoisotopic (exact) mass is 226 g/mol. The van der Waals surface area contributed by atoms with Crippen molar-refractivity contribution in [2.75, 3.05) is 21.1 Å². The maximum Gasteiger partial charge on any atom is 0.243 e. The van der Waals surface area contributed by atoms with Gasteiger partial charge in [0.1, 0.15) is 0 Å². The predicted octanol–water partition coefficient (Wildman–Crippen LogP) is 0.986. The molecule has 0 saturated heterocycles. The molecule has 0 spiro atoms. The average molecular weight is 226 g/mol. The normalized spacial score (nSPS) is 12.5. The van der Waals surface area contributed by atoms with Gasteiger partial charge in [-0.15, -0.1) is 0 Å². The summed E-state index contributed by atoms with van der Waals surface area (Å²) >= 11 is 0. The van der Waals surface area contributed by atoms with E-state index in [2.05, 4.69) is 4.99 Å². The van der Waals surface area contributed by atoms with Crippen LogP contribution in [0.1, 0.15) is 5.56 Å². The summed E-state index contributed by atoms with van der Waals surface area (Å²) in [7, 11) is 1.24. The van der Waals surface area contributed by atoms with Crippen LogP contribution < -0.4 is 0 Å². The maximum absolute atomic E-state index is 11.9. The molecule has 0 aliphatic heterocycles. The number of sulfonamides is 1. The first-order chi connectivity index (χ1) is 7.00. The van der Waals surface area contributed by atoms with E-state index in [4.69, 9.17) is 0 Å². The molecule has 1 rings (SSSR count). The van der Waals surface area contributed by atoms with Crippen molar-refractivity contribution in [3.8, 4) is 0 Å². The Morgan fingerprint density at radius 1 is 1.27 bits per heavy atom. The molecule has 0 N–H and O–H groups in total. The van der Waals surface area contributed by atoms with E-state index in [0.29, 0.717) is 5.56 Å². The molecule has 0 bridgehead atoms. The lowest BCUT2D eigenvalue weighted by atomic mass is 10.2. The molecule has 0 aliphatic carbocycles. The van der Waals surface area contributed by atoms with Crippen LogP contribution in [-0.4, -0.2) is 40.1 Å². The van der Waals surface area contributed by atoms with E-state index in [1.54, 1.807) is 31.3 Å². The summed E-state index contributed by atoms with van der Waals surface area (Å²) in [6.07, 6.45) is 1.54. The van der Waals surface area contributed by atoms with Crippen LogP contribution in [0.2, 0.25) is 0 Å². The number of benzene rings is 1. The van der Waals surface area contributed by atoms with Crippen LogP contribution in [0.3, 0.4) is 0 Å². The van der Waals surface area contributed by atoms with Crippen molar-refractivity contribution < 1.29 is 8.42 Å². The van der Waals surface area contributed by atoms with E-state index in [9.17, 15) is 8.42 Å². The summed E-state index contributed by atoms with van der Waals surface area (Å²) in [5, 5.41) is 0. The lowest BCUT2D eigenvalue weighted by Gasteiger charge is -2.12. The van der Waals surface area contributed by atoms with Gasteiger partial charge >= 0.3 is 0 Å². The minimum absolute atomic E-state index is 0.278. The molecule has 0 heterocycles. The van der Waals surface area contributed by atoms with Crippen molar-refractivity contribution in [1.82, 2.24) is 4.31 Å². The summed E-state index contributed by atoms with van der Waals surface area (Å²) in [6, 6.07) is 6.78. The highest BCUT2D eigenvalue weighted by atomic mass is 32.2. The largest absolute Gasteiger partial charge is 0.296 e. The molecule has 0 radical (unpaired) electrons. The summed E-state index contributed by atoms with van der Waals surface area (Å²) in [6.45, 7) is 0. The van der Waals surface area contributed by atoms with Crippen LogP contribution in [-0.2, 0) is 10.0 Å². The highest BCUT2D eigenvalue weighted by molar-refractivity contribution is 7.89. The van der Waals surface area contributed by atoms with Crippen molar-refractivity contribution in [2.45, 2.75) is 4.90 Å². The number of hydrogen-bond acceptors (Lipinski definition) is 3. The summed E-state index contributed by atoms with van der Waals surface area (Å²) < 4.78 is 25.0. The molecule has 0 atom stereocenters. The SMILES string of the molecule is CN=Cc1ccccc1S(=O)(=O)N(C)C. The summed E-state index contributed by atoms with van der Waals surface area (Å²) in [5.41, 5.74) is 0.605. The van der Waals surface area contributed by atoms with Gasteiger partial charge in [-0.2, -0.15) is 0 Å². The van der Waals surface area contributed by atoms with Crippen molar-refractivity contribution in [1.29, 1.82) is 0 Å². The van der Waals surface area contributed by atoms with Crippen LogP contribution in [0.25, 0.3) is 0 Å². The van der Waals surface area contributed by atoms with Crippen LogP contribution in [0, 0.1) is 0 Å². The highest BCUT2D eigenvalue weighted by Crippen LogP contribution is 2.16. The summed E-state index contributed by atoms with van der Waals surface area (Å²) in [4.78, 5) is 4.11. The lowest BCUT2D eigenvalue weighted by Crippen LogP contribution is -2.23. The Hall–Kier alpha value is -1.20. The Balaban J connectivity index is 3.38. The predicted molar refractivity (Wildman–Crippen MR) is 60.8 cm³/mol. The van der Waals surface area contributed by atoms with E-state index in [1.165, 1.54) is 24.6 Å². The van der Waals surface area contributed by atoms with Gasteiger partial charge in [0.2, 0.25) is 10.0 Å². The van der Waals surface area contributed by atoms with Crippen LogP contribution in [0.4, 0.5) is 0 Å². The van der Waals surface area contributed by atoms with Gasteiger partial charge in [-0.25, -0.2) is 12.7 Å². The van der Waals surface area contributed by atoms with Gasteiger partial charge in [0.05, 0.1) is 4.90 Å². The van der Waals surface area contributed by atoms with Crippen LogP contribution in [0.15, 0.2) is 34.2 Å². The van der Waals surface area contributed by atoms with Gasteiger partial charge in [-0.1, -0.05) is 18.2 Å². The Bertz CT molecular complexity index is 464. The number of rotatable bonds is 3. The molecule has 0 aromatic heterocycles. The standard InChI is InChI=1S/C10H14N2O2S/c1-11-8-9-6-4-5-7-10(9)15(13,14)12(2)3/h4-8H,1-3H3. The Labute approximate surface area is 90.3 Å². The molecule has 5 heteroatoms. The molecule has 0 saturated carbocycles. The molecule has 1 aromatic rings. The molecule has 1 aromatic carbocycles. The van der Waals surface area contributed by atoms with Gasteiger partial charge in [0.15, 0.2) is 0 Å². The first-order valence-electron chi connectivity index (χ1n) is 4.44. The third-order valence-corrected chi connectivity index (χ3v) is 3.83. The van der Waals surface area contributed by atoms with Gasteiger partial charge < -0.3 is 0 Å². The average Bonchev–Trinajstić information content (AvgIpc) is 2.18. The zero-order valence-electron chi connectivity index (χ0n) is 9.01. The first-order valence-corrected chi connectivity index (χ1v) is 5.88. The number of aliphatic imine (C=N–C) groups is 1.